The van der Waals surface area contributed by atoms with Crippen LogP contribution in [0.4, 0.5) is 4.39 Å². The number of ether oxygens (including phenoxy) is 3. The summed E-state index contributed by atoms with van der Waals surface area (Å²) in [7, 11) is 1.83. The highest BCUT2D eigenvalue weighted by atomic mass is 19.1. The number of rotatable bonds is 7. The number of halogens is 1. The Labute approximate surface area is 223 Å². The third kappa shape index (κ3) is 4.55. The Kier molecular flexibility index (Phi) is 6.15. The molecule has 2 heterocycles. The van der Waals surface area contributed by atoms with Gasteiger partial charge in [-0.3, -0.25) is 9.48 Å². The molecule has 196 valence electrons. The Balaban J connectivity index is 1.24. The summed E-state index contributed by atoms with van der Waals surface area (Å²) >= 11 is 0. The zero-order valence-electron chi connectivity index (χ0n) is 21.1. The van der Waals surface area contributed by atoms with Crippen molar-refractivity contribution in [3.63, 3.8) is 0 Å². The minimum atomic E-state index is -0.876. The summed E-state index contributed by atoms with van der Waals surface area (Å²) in [5.41, 5.74) is 4.04. The van der Waals surface area contributed by atoms with Crippen molar-refractivity contribution in [3.05, 3.63) is 88.9 Å². The largest absolute Gasteiger partial charge is 0.492 e. The summed E-state index contributed by atoms with van der Waals surface area (Å²) in [5.74, 6) is 0.514. The summed E-state index contributed by atoms with van der Waals surface area (Å²) in [6, 6.07) is 17.7. The van der Waals surface area contributed by atoms with Gasteiger partial charge in [-0.05, 0) is 55.3 Å². The monoisotopic (exact) mass is 525 g/mol. The number of benzene rings is 3. The van der Waals surface area contributed by atoms with Gasteiger partial charge in [-0.15, -0.1) is 0 Å². The second-order valence-electron chi connectivity index (χ2n) is 9.65. The van der Waals surface area contributed by atoms with Gasteiger partial charge >= 0.3 is 5.97 Å². The van der Waals surface area contributed by atoms with Gasteiger partial charge in [0, 0.05) is 47.5 Å². The number of carboxylic acids is 1. The van der Waals surface area contributed by atoms with E-state index in [-0.39, 0.29) is 18.2 Å². The number of nitrogens with zero attached hydrogens (tertiary/aromatic N) is 3. The summed E-state index contributed by atoms with van der Waals surface area (Å²) in [6.45, 7) is 0.306. The van der Waals surface area contributed by atoms with Crippen LogP contribution >= 0.6 is 0 Å². The number of nitriles is 1. The fraction of sp³-hybridized carbons (Fsp3) is 0.233. The molecule has 1 aromatic heterocycles. The van der Waals surface area contributed by atoms with Crippen LogP contribution in [-0.4, -0.2) is 27.5 Å². The molecule has 6 rings (SSSR count). The van der Waals surface area contributed by atoms with Crippen molar-refractivity contribution in [2.45, 2.75) is 31.3 Å². The lowest BCUT2D eigenvalue weighted by Crippen LogP contribution is -2.07. The average Bonchev–Trinajstić information content (AvgIpc) is 3.65. The van der Waals surface area contributed by atoms with Crippen LogP contribution in [0, 0.1) is 17.1 Å². The van der Waals surface area contributed by atoms with Crippen molar-refractivity contribution >= 4 is 5.97 Å². The molecule has 9 heteroatoms. The Bertz CT molecular complexity index is 1640. The van der Waals surface area contributed by atoms with Gasteiger partial charge < -0.3 is 19.3 Å². The van der Waals surface area contributed by atoms with E-state index in [1.165, 1.54) is 6.07 Å². The van der Waals surface area contributed by atoms with E-state index in [0.29, 0.717) is 59.1 Å². The van der Waals surface area contributed by atoms with Crippen molar-refractivity contribution < 1.29 is 28.5 Å². The van der Waals surface area contributed by atoms with Crippen molar-refractivity contribution in [1.29, 1.82) is 5.26 Å². The lowest BCUT2D eigenvalue weighted by Gasteiger charge is -2.17. The minimum absolute atomic E-state index is 0.00321. The van der Waals surface area contributed by atoms with Gasteiger partial charge in [0.15, 0.2) is 0 Å². The molecule has 0 bridgehead atoms. The van der Waals surface area contributed by atoms with Crippen molar-refractivity contribution in [2.75, 3.05) is 6.61 Å². The van der Waals surface area contributed by atoms with E-state index in [1.54, 1.807) is 41.2 Å². The Morgan fingerprint density at radius 1 is 1.21 bits per heavy atom. The van der Waals surface area contributed by atoms with Crippen molar-refractivity contribution in [3.8, 4) is 40.3 Å². The molecular weight excluding hydrogens is 501 g/mol. The fourth-order valence-electron chi connectivity index (χ4n) is 5.37. The van der Waals surface area contributed by atoms with Gasteiger partial charge in [0.2, 0.25) is 0 Å². The van der Waals surface area contributed by atoms with Crippen molar-refractivity contribution in [2.24, 2.45) is 7.05 Å². The van der Waals surface area contributed by atoms with Crippen LogP contribution in [0.15, 0.2) is 60.8 Å². The van der Waals surface area contributed by atoms with E-state index >= 15 is 4.39 Å². The summed E-state index contributed by atoms with van der Waals surface area (Å²) in [4.78, 5) is 11.1. The molecule has 0 fully saturated rings. The Morgan fingerprint density at radius 3 is 2.82 bits per heavy atom. The standard InChI is InChI=1S/C30H24FN3O5/c1-34-24(10-11-33-34)17-2-7-25(18(12-17)15-32)39-26-9-6-23(31)30-22(26)5-8-27(30)38-20-3-4-21-19(13-29(35)36)16-37-28(21)14-20/h2-4,6-7,9-12,14,19,27H,5,8,13,16H2,1H3,(H,35,36)/t19-,27-/m1/s1. The number of aliphatic carboxylic acids is 1. The van der Waals surface area contributed by atoms with Gasteiger partial charge in [-0.25, -0.2) is 4.39 Å². The molecule has 3 aromatic carbocycles. The average molecular weight is 526 g/mol. The zero-order valence-corrected chi connectivity index (χ0v) is 21.1. The molecule has 2 aliphatic rings. The van der Waals surface area contributed by atoms with Gasteiger partial charge in [-0.2, -0.15) is 10.4 Å². The smallest absolute Gasteiger partial charge is 0.304 e. The van der Waals surface area contributed by atoms with Crippen LogP contribution in [0.5, 0.6) is 23.0 Å². The maximum absolute atomic E-state index is 15.1. The topological polar surface area (TPSA) is 107 Å². The van der Waals surface area contributed by atoms with Crippen LogP contribution in [0.1, 0.15) is 47.1 Å². The molecule has 4 aromatic rings. The second kappa shape index (κ2) is 9.80. The summed E-state index contributed by atoms with van der Waals surface area (Å²) in [5, 5.41) is 23.1. The molecule has 39 heavy (non-hydrogen) atoms. The molecule has 0 saturated heterocycles. The maximum atomic E-state index is 15.1. The second-order valence-corrected chi connectivity index (χ2v) is 9.65. The Morgan fingerprint density at radius 2 is 2.05 bits per heavy atom. The number of carboxylic acid groups (broad SMARTS) is 1. The lowest BCUT2D eigenvalue weighted by atomic mass is 9.98. The van der Waals surface area contributed by atoms with Crippen LogP contribution in [-0.2, 0) is 18.3 Å². The molecule has 8 nitrogen and oxygen atoms in total. The van der Waals surface area contributed by atoms with Crippen LogP contribution in [0.2, 0.25) is 0 Å². The molecule has 1 aliphatic carbocycles. The number of carbonyl (C=O) groups is 1. The lowest BCUT2D eigenvalue weighted by molar-refractivity contribution is -0.137. The van der Waals surface area contributed by atoms with Crippen molar-refractivity contribution in [1.82, 2.24) is 9.78 Å². The maximum Gasteiger partial charge on any atom is 0.304 e. The first-order valence-electron chi connectivity index (χ1n) is 12.6. The molecule has 1 aliphatic heterocycles. The molecule has 0 radical (unpaired) electrons. The van der Waals surface area contributed by atoms with Crippen LogP contribution in [0.3, 0.4) is 0 Å². The number of fused-ring (bicyclic) bond motifs is 2. The Hall–Kier alpha value is -4.84. The number of aryl methyl sites for hydroxylation is 1. The SMILES string of the molecule is Cn1nccc1-c1ccc(Oc2ccc(F)c3c2CC[C@H]3Oc2ccc3c(c2)OC[C@H]3CC(=O)O)c(C#N)c1. The first-order valence-corrected chi connectivity index (χ1v) is 12.6. The van der Waals surface area contributed by atoms with E-state index in [0.717, 1.165) is 16.8 Å². The predicted molar refractivity (Wildman–Crippen MR) is 138 cm³/mol. The van der Waals surface area contributed by atoms with E-state index in [4.69, 9.17) is 19.3 Å². The number of hydrogen-bond donors (Lipinski definition) is 1. The highest BCUT2D eigenvalue weighted by molar-refractivity contribution is 5.69. The highest BCUT2D eigenvalue weighted by Gasteiger charge is 2.32. The highest BCUT2D eigenvalue weighted by Crippen LogP contribution is 2.44. The van der Waals surface area contributed by atoms with E-state index in [9.17, 15) is 10.1 Å². The third-order valence-electron chi connectivity index (χ3n) is 7.24. The van der Waals surface area contributed by atoms with Gasteiger partial charge in [0.05, 0.1) is 24.3 Å². The molecule has 0 spiro atoms. The molecule has 1 N–H and O–H groups in total. The van der Waals surface area contributed by atoms with Gasteiger partial charge in [-0.1, -0.05) is 6.07 Å². The predicted octanol–water partition coefficient (Wildman–Crippen LogP) is 5.91. The normalized spacial score (nSPS) is 17.2. The first-order chi connectivity index (χ1) is 18.9. The summed E-state index contributed by atoms with van der Waals surface area (Å²) < 4.78 is 34.8. The van der Waals surface area contributed by atoms with Gasteiger partial charge in [0.25, 0.3) is 0 Å². The molecule has 2 atom stereocenters. The number of aromatic nitrogens is 2. The molecule has 0 saturated carbocycles. The van der Waals surface area contributed by atoms with E-state index in [2.05, 4.69) is 11.2 Å². The molecular formula is C30H24FN3O5. The first kappa shape index (κ1) is 24.5. The van der Waals surface area contributed by atoms with Crippen LogP contribution in [0.25, 0.3) is 11.3 Å². The summed E-state index contributed by atoms with van der Waals surface area (Å²) in [6.07, 6.45) is 2.26. The fourth-order valence-corrected chi connectivity index (χ4v) is 5.37. The van der Waals surface area contributed by atoms with E-state index in [1.807, 2.05) is 25.2 Å². The van der Waals surface area contributed by atoms with Crippen LogP contribution < -0.4 is 14.2 Å². The minimum Gasteiger partial charge on any atom is -0.492 e. The molecule has 0 amide bonds. The molecule has 0 unspecified atom stereocenters. The van der Waals surface area contributed by atoms with Gasteiger partial charge in [0.1, 0.15) is 41.0 Å². The zero-order chi connectivity index (χ0) is 27.1. The number of hydrogen-bond acceptors (Lipinski definition) is 6. The van der Waals surface area contributed by atoms with E-state index < -0.39 is 12.1 Å². The third-order valence-corrected chi connectivity index (χ3v) is 7.24. The quantitative estimate of drug-likeness (QED) is 0.320.